The third kappa shape index (κ3) is 2.82. The smallest absolute Gasteiger partial charge is 0.253 e. The summed E-state index contributed by atoms with van der Waals surface area (Å²) in [5, 5.41) is 2.99. The Morgan fingerprint density at radius 1 is 1.36 bits per heavy atom. The van der Waals surface area contributed by atoms with Crippen molar-refractivity contribution in [2.45, 2.75) is 32.7 Å². The van der Waals surface area contributed by atoms with Gasteiger partial charge in [0.05, 0.1) is 17.4 Å². The van der Waals surface area contributed by atoms with Crippen molar-refractivity contribution in [3.05, 3.63) is 53.9 Å². The normalized spacial score (nSPS) is 14.5. The molecule has 114 valence electrons. The van der Waals surface area contributed by atoms with Gasteiger partial charge < -0.3 is 10.2 Å². The van der Waals surface area contributed by atoms with Crippen LogP contribution in [0, 0.1) is 0 Å². The highest BCUT2D eigenvalue weighted by Gasteiger charge is 2.21. The molecule has 0 radical (unpaired) electrons. The zero-order valence-electron chi connectivity index (χ0n) is 13.0. The second-order valence-corrected chi connectivity index (χ2v) is 5.74. The standard InChI is InChI=1S/C18H21N3O/c1-3-13(2)20-18(22)15-10-16(12-19-11-15)21-9-8-14-6-4-5-7-17(14)21/h4-7,10-13H,3,8-9H2,1-2H3,(H,20,22). The van der Waals surface area contributed by atoms with Crippen molar-refractivity contribution in [3.63, 3.8) is 0 Å². The first-order valence-electron chi connectivity index (χ1n) is 7.80. The molecule has 4 nitrogen and oxygen atoms in total. The highest BCUT2D eigenvalue weighted by atomic mass is 16.1. The number of hydrogen-bond acceptors (Lipinski definition) is 3. The molecule has 4 heteroatoms. The van der Waals surface area contributed by atoms with E-state index in [1.54, 1.807) is 6.20 Å². The molecule has 1 aliphatic heterocycles. The van der Waals surface area contributed by atoms with E-state index in [1.807, 2.05) is 25.3 Å². The minimum Gasteiger partial charge on any atom is -0.350 e. The molecule has 1 aromatic carbocycles. The van der Waals surface area contributed by atoms with Crippen LogP contribution in [0.4, 0.5) is 11.4 Å². The SMILES string of the molecule is CCC(C)NC(=O)c1cncc(N2CCc3ccccc32)c1. The van der Waals surface area contributed by atoms with E-state index in [-0.39, 0.29) is 11.9 Å². The van der Waals surface area contributed by atoms with Gasteiger partial charge in [-0.3, -0.25) is 9.78 Å². The molecule has 0 aliphatic carbocycles. The van der Waals surface area contributed by atoms with Crippen molar-refractivity contribution in [2.75, 3.05) is 11.4 Å². The van der Waals surface area contributed by atoms with Gasteiger partial charge in [0.2, 0.25) is 0 Å². The number of nitrogens with zero attached hydrogens (tertiary/aromatic N) is 2. The van der Waals surface area contributed by atoms with Crippen LogP contribution in [0.2, 0.25) is 0 Å². The number of fused-ring (bicyclic) bond motifs is 1. The van der Waals surface area contributed by atoms with Crippen LogP contribution in [-0.2, 0) is 6.42 Å². The molecule has 0 fully saturated rings. The van der Waals surface area contributed by atoms with Gasteiger partial charge in [0.25, 0.3) is 5.91 Å². The van der Waals surface area contributed by atoms with Crippen molar-refractivity contribution in [2.24, 2.45) is 0 Å². The first-order chi connectivity index (χ1) is 10.7. The molecular formula is C18H21N3O. The molecular weight excluding hydrogens is 274 g/mol. The fourth-order valence-corrected chi connectivity index (χ4v) is 2.72. The Balaban J connectivity index is 1.85. The fraction of sp³-hybridized carbons (Fsp3) is 0.333. The number of aromatic nitrogens is 1. The third-order valence-corrected chi connectivity index (χ3v) is 4.17. The summed E-state index contributed by atoms with van der Waals surface area (Å²) in [5.74, 6) is -0.0591. The van der Waals surface area contributed by atoms with E-state index < -0.39 is 0 Å². The summed E-state index contributed by atoms with van der Waals surface area (Å²) in [6.45, 7) is 4.99. The van der Waals surface area contributed by atoms with E-state index in [2.05, 4.69) is 40.3 Å². The van der Waals surface area contributed by atoms with Gasteiger partial charge in [-0.15, -0.1) is 0 Å². The largest absolute Gasteiger partial charge is 0.350 e. The summed E-state index contributed by atoms with van der Waals surface area (Å²) in [6, 6.07) is 10.5. The Morgan fingerprint density at radius 3 is 3.00 bits per heavy atom. The van der Waals surface area contributed by atoms with Gasteiger partial charge >= 0.3 is 0 Å². The predicted octanol–water partition coefficient (Wildman–Crippen LogP) is 3.30. The van der Waals surface area contributed by atoms with Gasteiger partial charge in [-0.2, -0.15) is 0 Å². The quantitative estimate of drug-likeness (QED) is 0.941. The van der Waals surface area contributed by atoms with Crippen molar-refractivity contribution in [1.29, 1.82) is 0 Å². The average Bonchev–Trinajstić information content (AvgIpc) is 2.99. The van der Waals surface area contributed by atoms with E-state index in [9.17, 15) is 4.79 Å². The summed E-state index contributed by atoms with van der Waals surface area (Å²) in [4.78, 5) is 18.7. The number of carbonyl (C=O) groups is 1. The molecule has 1 atom stereocenters. The summed E-state index contributed by atoms with van der Waals surface area (Å²) in [7, 11) is 0. The Labute approximate surface area is 131 Å². The Morgan fingerprint density at radius 2 is 2.18 bits per heavy atom. The number of pyridine rings is 1. The van der Waals surface area contributed by atoms with Crippen molar-refractivity contribution in [1.82, 2.24) is 10.3 Å². The number of para-hydroxylation sites is 1. The molecule has 2 aromatic rings. The summed E-state index contributed by atoms with van der Waals surface area (Å²) < 4.78 is 0. The molecule has 3 rings (SSSR count). The summed E-state index contributed by atoms with van der Waals surface area (Å²) in [5.41, 5.74) is 4.14. The van der Waals surface area contributed by atoms with Gasteiger partial charge in [0.1, 0.15) is 0 Å². The van der Waals surface area contributed by atoms with E-state index in [1.165, 1.54) is 11.3 Å². The Bertz CT molecular complexity index is 684. The molecule has 0 bridgehead atoms. The zero-order valence-corrected chi connectivity index (χ0v) is 13.0. The van der Waals surface area contributed by atoms with Gasteiger partial charge in [-0.1, -0.05) is 25.1 Å². The number of carbonyl (C=O) groups excluding carboxylic acids is 1. The maximum absolute atomic E-state index is 12.3. The number of rotatable bonds is 4. The number of benzene rings is 1. The first-order valence-corrected chi connectivity index (χ1v) is 7.80. The van der Waals surface area contributed by atoms with Crippen LogP contribution in [0.15, 0.2) is 42.7 Å². The zero-order chi connectivity index (χ0) is 15.5. The van der Waals surface area contributed by atoms with Gasteiger partial charge in [-0.25, -0.2) is 0 Å². The lowest BCUT2D eigenvalue weighted by Crippen LogP contribution is -2.32. The predicted molar refractivity (Wildman–Crippen MR) is 88.6 cm³/mol. The number of hydrogen-bond donors (Lipinski definition) is 1. The molecule has 1 aromatic heterocycles. The van der Waals surface area contributed by atoms with Crippen LogP contribution in [0.5, 0.6) is 0 Å². The molecule has 1 amide bonds. The third-order valence-electron chi connectivity index (χ3n) is 4.17. The average molecular weight is 295 g/mol. The lowest BCUT2D eigenvalue weighted by Gasteiger charge is -2.20. The molecule has 2 heterocycles. The van der Waals surface area contributed by atoms with Crippen molar-refractivity contribution >= 4 is 17.3 Å². The second-order valence-electron chi connectivity index (χ2n) is 5.74. The molecule has 0 saturated carbocycles. The molecule has 0 spiro atoms. The van der Waals surface area contributed by atoms with E-state index >= 15 is 0 Å². The van der Waals surface area contributed by atoms with Crippen molar-refractivity contribution in [3.8, 4) is 0 Å². The molecule has 0 saturated heterocycles. The van der Waals surface area contributed by atoms with Crippen molar-refractivity contribution < 1.29 is 4.79 Å². The Kier molecular flexibility index (Phi) is 4.09. The molecule has 22 heavy (non-hydrogen) atoms. The summed E-state index contributed by atoms with van der Waals surface area (Å²) >= 11 is 0. The first kappa shape index (κ1) is 14.6. The summed E-state index contributed by atoms with van der Waals surface area (Å²) in [6.07, 6.45) is 5.39. The van der Waals surface area contributed by atoms with E-state index in [0.717, 1.165) is 25.1 Å². The molecule has 1 aliphatic rings. The minimum absolute atomic E-state index is 0.0591. The highest BCUT2D eigenvalue weighted by Crippen LogP contribution is 2.33. The van der Waals surface area contributed by atoms with Crippen LogP contribution >= 0.6 is 0 Å². The van der Waals surface area contributed by atoms with Crippen LogP contribution in [0.3, 0.4) is 0 Å². The molecule has 1 N–H and O–H groups in total. The number of amides is 1. The van der Waals surface area contributed by atoms with E-state index in [0.29, 0.717) is 5.56 Å². The lowest BCUT2D eigenvalue weighted by molar-refractivity contribution is 0.0939. The molecule has 1 unspecified atom stereocenters. The van der Waals surface area contributed by atoms with Gasteiger partial charge in [0, 0.05) is 24.5 Å². The van der Waals surface area contributed by atoms with Crippen LogP contribution in [0.25, 0.3) is 0 Å². The number of anilines is 2. The fourth-order valence-electron chi connectivity index (χ4n) is 2.72. The number of nitrogens with one attached hydrogen (secondary N) is 1. The van der Waals surface area contributed by atoms with Crippen LogP contribution < -0.4 is 10.2 Å². The second kappa shape index (κ2) is 6.18. The van der Waals surface area contributed by atoms with Gasteiger partial charge in [0.15, 0.2) is 0 Å². The maximum Gasteiger partial charge on any atom is 0.253 e. The monoisotopic (exact) mass is 295 g/mol. The topological polar surface area (TPSA) is 45.2 Å². The Hall–Kier alpha value is -2.36. The maximum atomic E-state index is 12.3. The lowest BCUT2D eigenvalue weighted by atomic mass is 10.1. The highest BCUT2D eigenvalue weighted by molar-refractivity contribution is 5.95. The van der Waals surface area contributed by atoms with E-state index in [4.69, 9.17) is 0 Å². The van der Waals surface area contributed by atoms with Gasteiger partial charge in [-0.05, 0) is 37.5 Å². The van der Waals surface area contributed by atoms with Crippen LogP contribution in [-0.4, -0.2) is 23.5 Å². The van der Waals surface area contributed by atoms with Crippen LogP contribution in [0.1, 0.15) is 36.2 Å². The minimum atomic E-state index is -0.0591.